The standard InChI is InChI=1S/C8H16O.C5H12N2.CH3.La/c1-9-7-6-8-4-2-3-5-8;1-3-6-5-7-4-2;;/h8H,2-7H2,1H3;3-5H2,1-2H3;1H3;/q;-2;-1;+3. The first-order chi connectivity index (χ1) is 7.85. The van der Waals surface area contributed by atoms with Crippen LogP contribution in [0.15, 0.2) is 0 Å². The molecule has 1 rings (SSSR count). The van der Waals surface area contributed by atoms with E-state index in [4.69, 9.17) is 4.74 Å². The van der Waals surface area contributed by atoms with E-state index in [0.717, 1.165) is 25.6 Å². The smallest absolute Gasteiger partial charge is 0.681 e. The molecule has 1 fully saturated rings. The molecule has 4 heteroatoms. The summed E-state index contributed by atoms with van der Waals surface area (Å²) >= 11 is 0. The summed E-state index contributed by atoms with van der Waals surface area (Å²) in [5.41, 5.74) is 0. The van der Waals surface area contributed by atoms with Crippen LogP contribution in [0, 0.1) is 48.9 Å². The van der Waals surface area contributed by atoms with Gasteiger partial charge in [0.15, 0.2) is 0 Å². The minimum absolute atomic E-state index is 0. The van der Waals surface area contributed by atoms with E-state index in [9.17, 15) is 0 Å². The molecule has 0 unspecified atom stereocenters. The summed E-state index contributed by atoms with van der Waals surface area (Å²) in [5.74, 6) is 0.991. The third-order valence-electron chi connectivity index (χ3n) is 2.85. The van der Waals surface area contributed by atoms with Crippen molar-refractivity contribution in [3.63, 3.8) is 0 Å². The van der Waals surface area contributed by atoms with Crippen LogP contribution in [0.3, 0.4) is 0 Å². The number of hydrogen-bond donors (Lipinski definition) is 0. The normalized spacial score (nSPS) is 14.2. The fourth-order valence-electron chi connectivity index (χ4n) is 1.85. The van der Waals surface area contributed by atoms with Gasteiger partial charge in [0, 0.05) is 13.7 Å². The van der Waals surface area contributed by atoms with E-state index in [1.54, 1.807) is 7.11 Å². The van der Waals surface area contributed by atoms with Crippen LogP contribution in [0.1, 0.15) is 46.0 Å². The van der Waals surface area contributed by atoms with Gasteiger partial charge in [-0.15, -0.1) is 0 Å². The van der Waals surface area contributed by atoms with Crippen molar-refractivity contribution in [3.05, 3.63) is 18.1 Å². The van der Waals surface area contributed by atoms with Gasteiger partial charge in [0.05, 0.1) is 0 Å². The maximum absolute atomic E-state index is 5.00. The van der Waals surface area contributed by atoms with Crippen LogP contribution in [0.2, 0.25) is 0 Å². The molecule has 3 nitrogen and oxygen atoms in total. The maximum Gasteiger partial charge on any atom is 3.00 e. The van der Waals surface area contributed by atoms with Crippen molar-refractivity contribution in [1.29, 1.82) is 0 Å². The van der Waals surface area contributed by atoms with Crippen LogP contribution >= 0.6 is 0 Å². The number of ether oxygens (including phenoxy) is 1. The Morgan fingerprint density at radius 2 is 1.56 bits per heavy atom. The first-order valence-corrected chi connectivity index (χ1v) is 6.60. The van der Waals surface area contributed by atoms with Gasteiger partial charge in [-0.3, -0.25) is 6.67 Å². The van der Waals surface area contributed by atoms with Gasteiger partial charge in [-0.1, -0.05) is 39.5 Å². The van der Waals surface area contributed by atoms with E-state index in [1.165, 1.54) is 32.1 Å². The molecule has 0 N–H and O–H groups in total. The Bertz CT molecular complexity index is 127. The van der Waals surface area contributed by atoms with Gasteiger partial charge < -0.3 is 22.8 Å². The number of hydrogen-bond acceptors (Lipinski definition) is 1. The summed E-state index contributed by atoms with van der Waals surface area (Å²) in [5, 5.41) is 7.99. The molecule has 1 saturated carbocycles. The zero-order valence-corrected chi connectivity index (χ0v) is 16.4. The number of methoxy groups -OCH3 is 1. The summed E-state index contributed by atoms with van der Waals surface area (Å²) in [6, 6.07) is 0. The molecule has 0 atom stereocenters. The van der Waals surface area contributed by atoms with Crippen molar-refractivity contribution in [2.45, 2.75) is 46.0 Å². The molecular formula is C14H31LaN2O. The minimum atomic E-state index is 0. The number of rotatable bonds is 7. The predicted molar refractivity (Wildman–Crippen MR) is 77.5 cm³/mol. The monoisotopic (exact) mass is 382 g/mol. The van der Waals surface area contributed by atoms with Gasteiger partial charge in [-0.25, -0.2) is 0 Å². The Morgan fingerprint density at radius 3 is 1.94 bits per heavy atom. The third-order valence-corrected chi connectivity index (χ3v) is 2.85. The molecule has 18 heavy (non-hydrogen) atoms. The molecule has 106 valence electrons. The Morgan fingerprint density at radius 1 is 1.06 bits per heavy atom. The van der Waals surface area contributed by atoms with Crippen molar-refractivity contribution in [2.75, 3.05) is 33.5 Å². The van der Waals surface area contributed by atoms with Crippen molar-refractivity contribution in [2.24, 2.45) is 5.92 Å². The zero-order chi connectivity index (χ0) is 12.1. The SMILES string of the molecule is CC[N-]C[N-]CC.COCCC1CCCC1.[CH3-].[La+3]. The van der Waals surface area contributed by atoms with Crippen molar-refractivity contribution >= 4 is 0 Å². The van der Waals surface area contributed by atoms with E-state index < -0.39 is 0 Å². The van der Waals surface area contributed by atoms with Gasteiger partial charge in [-0.2, -0.15) is 13.1 Å². The van der Waals surface area contributed by atoms with Crippen LogP contribution in [0.4, 0.5) is 0 Å². The minimum Gasteiger partial charge on any atom is -0.681 e. The quantitative estimate of drug-likeness (QED) is 0.475. The maximum atomic E-state index is 5.00. The van der Waals surface area contributed by atoms with E-state index in [-0.39, 0.29) is 43.0 Å². The largest absolute Gasteiger partial charge is 3.00 e. The first-order valence-electron chi connectivity index (χ1n) is 6.60. The second kappa shape index (κ2) is 20.4. The van der Waals surface area contributed by atoms with Crippen molar-refractivity contribution in [1.82, 2.24) is 0 Å². The molecular weight excluding hydrogens is 351 g/mol. The molecule has 0 aromatic carbocycles. The predicted octanol–water partition coefficient (Wildman–Crippen LogP) is 4.39. The molecule has 0 spiro atoms. The molecule has 0 aromatic heterocycles. The van der Waals surface area contributed by atoms with E-state index in [2.05, 4.69) is 10.6 Å². The topological polar surface area (TPSA) is 37.4 Å². The van der Waals surface area contributed by atoms with Crippen LogP contribution in [-0.2, 0) is 4.74 Å². The summed E-state index contributed by atoms with van der Waals surface area (Å²) < 4.78 is 5.00. The summed E-state index contributed by atoms with van der Waals surface area (Å²) in [6.45, 7) is 7.47. The van der Waals surface area contributed by atoms with Gasteiger partial charge in [-0.05, 0) is 12.3 Å². The molecule has 0 radical (unpaired) electrons. The van der Waals surface area contributed by atoms with Gasteiger partial charge in [0.25, 0.3) is 0 Å². The average Bonchev–Trinajstić information content (AvgIpc) is 2.81. The van der Waals surface area contributed by atoms with Gasteiger partial charge in [0.2, 0.25) is 0 Å². The Balaban J connectivity index is -0.000000232. The number of nitrogens with zero attached hydrogens (tertiary/aromatic N) is 2. The van der Waals surface area contributed by atoms with E-state index in [1.807, 2.05) is 13.8 Å². The Labute approximate surface area is 143 Å². The van der Waals surface area contributed by atoms with E-state index >= 15 is 0 Å². The summed E-state index contributed by atoms with van der Waals surface area (Å²) in [7, 11) is 1.79. The summed E-state index contributed by atoms with van der Waals surface area (Å²) in [6.07, 6.45) is 7.09. The second-order valence-electron chi connectivity index (χ2n) is 4.15. The Kier molecular flexibility index (Phi) is 27.3. The first kappa shape index (κ1) is 24.1. The van der Waals surface area contributed by atoms with Gasteiger partial charge in [0.1, 0.15) is 0 Å². The fourth-order valence-corrected chi connectivity index (χ4v) is 1.85. The van der Waals surface area contributed by atoms with Crippen LogP contribution in [0.25, 0.3) is 10.6 Å². The molecule has 0 saturated heterocycles. The van der Waals surface area contributed by atoms with Crippen molar-refractivity contribution in [3.8, 4) is 0 Å². The Hall–Kier alpha value is 1.07. The van der Waals surface area contributed by atoms with Crippen LogP contribution in [0.5, 0.6) is 0 Å². The van der Waals surface area contributed by atoms with Crippen LogP contribution < -0.4 is 0 Å². The molecule has 0 aromatic rings. The second-order valence-corrected chi connectivity index (χ2v) is 4.15. The average molecular weight is 382 g/mol. The zero-order valence-electron chi connectivity index (χ0n) is 12.8. The van der Waals surface area contributed by atoms with E-state index in [0.29, 0.717) is 6.67 Å². The molecule has 1 aliphatic carbocycles. The van der Waals surface area contributed by atoms with Crippen LogP contribution in [-0.4, -0.2) is 33.5 Å². The molecule has 1 aliphatic rings. The van der Waals surface area contributed by atoms with Crippen molar-refractivity contribution < 1.29 is 40.3 Å². The molecule has 0 heterocycles. The third kappa shape index (κ3) is 17.1. The molecule has 0 bridgehead atoms. The molecule has 0 amide bonds. The fraction of sp³-hybridized carbons (Fsp3) is 0.929. The molecule has 0 aliphatic heterocycles. The summed E-state index contributed by atoms with van der Waals surface area (Å²) in [4.78, 5) is 0. The van der Waals surface area contributed by atoms with Gasteiger partial charge >= 0.3 is 35.6 Å².